The molecular weight excluding hydrogens is 312 g/mol. The average Bonchev–Trinajstić information content (AvgIpc) is 2.63. The molecule has 1 aromatic carbocycles. The molecule has 0 unspecified atom stereocenters. The third kappa shape index (κ3) is 2.87. The van der Waals surface area contributed by atoms with E-state index < -0.39 is 0 Å². The summed E-state index contributed by atoms with van der Waals surface area (Å²) >= 11 is 10.6. The average molecular weight is 320 g/mol. The number of rotatable bonds is 3. The van der Waals surface area contributed by atoms with Gasteiger partial charge in [0.15, 0.2) is 5.13 Å². The lowest BCUT2D eigenvalue weighted by Gasteiger charge is -2.06. The second-order valence-electron chi connectivity index (χ2n) is 2.98. The van der Waals surface area contributed by atoms with E-state index in [4.69, 9.17) is 16.3 Å². The van der Waals surface area contributed by atoms with E-state index in [1.54, 1.807) is 12.5 Å². The number of halogens is 2. The molecule has 0 atom stereocenters. The molecule has 0 bridgehead atoms. The van der Waals surface area contributed by atoms with Crippen molar-refractivity contribution >= 4 is 49.7 Å². The van der Waals surface area contributed by atoms with Crippen LogP contribution in [0.4, 0.5) is 10.8 Å². The van der Waals surface area contributed by atoms with Crippen LogP contribution in [0.1, 0.15) is 0 Å². The normalized spacial score (nSPS) is 10.2. The fourth-order valence-electron chi connectivity index (χ4n) is 1.19. The van der Waals surface area contributed by atoms with Gasteiger partial charge in [-0.05, 0) is 12.1 Å². The summed E-state index contributed by atoms with van der Waals surface area (Å²) in [4.78, 5) is 4.11. The highest BCUT2D eigenvalue weighted by atomic mass is 79.9. The van der Waals surface area contributed by atoms with Crippen molar-refractivity contribution in [1.29, 1.82) is 0 Å². The number of benzene rings is 1. The van der Waals surface area contributed by atoms with Gasteiger partial charge in [-0.2, -0.15) is 0 Å². The van der Waals surface area contributed by atoms with Crippen LogP contribution in [0, 0.1) is 0 Å². The van der Waals surface area contributed by atoms with Crippen molar-refractivity contribution in [3.63, 3.8) is 0 Å². The van der Waals surface area contributed by atoms with E-state index in [1.165, 1.54) is 11.3 Å². The van der Waals surface area contributed by atoms with Crippen LogP contribution in [-0.2, 0) is 0 Å². The largest absolute Gasteiger partial charge is 0.497 e. The van der Waals surface area contributed by atoms with Crippen LogP contribution in [0.15, 0.2) is 28.1 Å². The molecule has 1 heterocycles. The Labute approximate surface area is 111 Å². The Morgan fingerprint density at radius 3 is 2.88 bits per heavy atom. The number of thiazole rings is 1. The molecule has 1 N–H and O–H groups in total. The fourth-order valence-corrected chi connectivity index (χ4v) is 2.52. The molecule has 16 heavy (non-hydrogen) atoms. The smallest absolute Gasteiger partial charge is 0.188 e. The third-order valence-corrected chi connectivity index (χ3v) is 3.37. The first-order valence-electron chi connectivity index (χ1n) is 4.40. The Hall–Kier alpha value is -0.780. The van der Waals surface area contributed by atoms with E-state index in [0.717, 1.165) is 21.0 Å². The minimum atomic E-state index is 0.495. The van der Waals surface area contributed by atoms with E-state index in [1.807, 2.05) is 18.2 Å². The van der Waals surface area contributed by atoms with E-state index in [9.17, 15) is 0 Å². The van der Waals surface area contributed by atoms with Gasteiger partial charge < -0.3 is 10.1 Å². The number of anilines is 2. The zero-order valence-corrected chi connectivity index (χ0v) is 11.5. The van der Waals surface area contributed by atoms with Gasteiger partial charge in [-0.25, -0.2) is 4.98 Å². The molecule has 2 rings (SSSR count). The molecule has 1 aromatic heterocycles. The molecule has 0 amide bonds. The minimum absolute atomic E-state index is 0.495. The number of hydrogen-bond donors (Lipinski definition) is 1. The molecule has 84 valence electrons. The number of nitrogens with zero attached hydrogens (tertiary/aromatic N) is 1. The lowest BCUT2D eigenvalue weighted by molar-refractivity contribution is 0.415. The molecule has 0 saturated heterocycles. The van der Waals surface area contributed by atoms with E-state index in [2.05, 4.69) is 26.2 Å². The van der Waals surface area contributed by atoms with Crippen molar-refractivity contribution in [2.24, 2.45) is 0 Å². The van der Waals surface area contributed by atoms with Gasteiger partial charge >= 0.3 is 0 Å². The SMILES string of the molecule is COc1cc(Br)cc(Nc2nc(Cl)cs2)c1. The molecule has 3 nitrogen and oxygen atoms in total. The van der Waals surface area contributed by atoms with Crippen molar-refractivity contribution < 1.29 is 4.74 Å². The highest BCUT2D eigenvalue weighted by molar-refractivity contribution is 9.10. The summed E-state index contributed by atoms with van der Waals surface area (Å²) in [6.07, 6.45) is 0. The summed E-state index contributed by atoms with van der Waals surface area (Å²) < 4.78 is 6.11. The summed E-state index contributed by atoms with van der Waals surface area (Å²) in [5.41, 5.74) is 0.900. The highest BCUT2D eigenvalue weighted by Crippen LogP contribution is 2.28. The van der Waals surface area contributed by atoms with Gasteiger partial charge in [0.1, 0.15) is 10.9 Å². The molecule has 0 aliphatic carbocycles. The molecule has 0 aliphatic heterocycles. The van der Waals surface area contributed by atoms with E-state index in [-0.39, 0.29) is 0 Å². The first kappa shape index (κ1) is 11.7. The summed E-state index contributed by atoms with van der Waals surface area (Å²) in [7, 11) is 1.63. The van der Waals surface area contributed by atoms with Gasteiger partial charge in [-0.3, -0.25) is 0 Å². The zero-order valence-electron chi connectivity index (χ0n) is 8.33. The van der Waals surface area contributed by atoms with Gasteiger partial charge in [-0.15, -0.1) is 11.3 Å². The Bertz CT molecular complexity index is 503. The Kier molecular flexibility index (Phi) is 3.68. The lowest BCUT2D eigenvalue weighted by atomic mass is 10.3. The fraction of sp³-hybridized carbons (Fsp3) is 0.100. The van der Waals surface area contributed by atoms with Crippen molar-refractivity contribution in [3.8, 4) is 5.75 Å². The van der Waals surface area contributed by atoms with Crippen molar-refractivity contribution in [3.05, 3.63) is 33.2 Å². The van der Waals surface area contributed by atoms with E-state index in [0.29, 0.717) is 5.15 Å². The maximum atomic E-state index is 5.74. The summed E-state index contributed by atoms with van der Waals surface area (Å²) in [5, 5.41) is 6.18. The first-order valence-corrected chi connectivity index (χ1v) is 6.45. The second-order valence-corrected chi connectivity index (χ2v) is 5.14. The van der Waals surface area contributed by atoms with Crippen molar-refractivity contribution in [1.82, 2.24) is 4.98 Å². The Balaban J connectivity index is 2.24. The Morgan fingerprint density at radius 2 is 2.25 bits per heavy atom. The van der Waals surface area contributed by atoms with Gasteiger partial charge in [0, 0.05) is 21.6 Å². The van der Waals surface area contributed by atoms with Gasteiger partial charge in [0.25, 0.3) is 0 Å². The number of aromatic nitrogens is 1. The summed E-state index contributed by atoms with van der Waals surface area (Å²) in [6.45, 7) is 0. The predicted molar refractivity (Wildman–Crippen MR) is 71.1 cm³/mol. The van der Waals surface area contributed by atoms with Gasteiger partial charge in [0.05, 0.1) is 7.11 Å². The molecule has 0 radical (unpaired) electrons. The standard InChI is InChI=1S/C10H8BrClN2OS/c1-15-8-3-6(11)2-7(4-8)13-10-14-9(12)5-16-10/h2-5H,1H3,(H,13,14). The monoisotopic (exact) mass is 318 g/mol. The van der Waals surface area contributed by atoms with Crippen LogP contribution in [-0.4, -0.2) is 12.1 Å². The van der Waals surface area contributed by atoms with Gasteiger partial charge in [0.2, 0.25) is 0 Å². The van der Waals surface area contributed by atoms with Crippen LogP contribution >= 0.6 is 38.9 Å². The summed E-state index contributed by atoms with van der Waals surface area (Å²) in [5.74, 6) is 0.777. The van der Waals surface area contributed by atoms with Crippen LogP contribution in [0.2, 0.25) is 5.15 Å². The van der Waals surface area contributed by atoms with Crippen molar-refractivity contribution in [2.45, 2.75) is 0 Å². The first-order chi connectivity index (χ1) is 7.67. The number of ether oxygens (including phenoxy) is 1. The topological polar surface area (TPSA) is 34.1 Å². The van der Waals surface area contributed by atoms with Crippen LogP contribution in [0.25, 0.3) is 0 Å². The Morgan fingerprint density at radius 1 is 1.44 bits per heavy atom. The molecule has 0 fully saturated rings. The van der Waals surface area contributed by atoms with E-state index >= 15 is 0 Å². The second kappa shape index (κ2) is 5.03. The number of hydrogen-bond acceptors (Lipinski definition) is 4. The molecule has 0 saturated carbocycles. The third-order valence-electron chi connectivity index (χ3n) is 1.83. The minimum Gasteiger partial charge on any atom is -0.497 e. The quantitative estimate of drug-likeness (QED) is 0.915. The maximum Gasteiger partial charge on any atom is 0.188 e. The highest BCUT2D eigenvalue weighted by Gasteiger charge is 2.03. The molecule has 2 aromatic rings. The molecule has 0 aliphatic rings. The predicted octanol–water partition coefficient (Wildman–Crippen LogP) is 4.31. The zero-order chi connectivity index (χ0) is 11.5. The van der Waals surface area contributed by atoms with Crippen molar-refractivity contribution in [2.75, 3.05) is 12.4 Å². The van der Waals surface area contributed by atoms with Crippen LogP contribution in [0.5, 0.6) is 5.75 Å². The number of nitrogens with one attached hydrogen (secondary N) is 1. The van der Waals surface area contributed by atoms with Crippen LogP contribution in [0.3, 0.4) is 0 Å². The molecular formula is C10H8BrClN2OS. The lowest BCUT2D eigenvalue weighted by Crippen LogP contribution is -1.91. The molecule has 6 heteroatoms. The summed E-state index contributed by atoms with van der Waals surface area (Å²) in [6, 6.07) is 5.72. The maximum absolute atomic E-state index is 5.74. The number of methoxy groups -OCH3 is 1. The van der Waals surface area contributed by atoms with Gasteiger partial charge in [-0.1, -0.05) is 27.5 Å². The van der Waals surface area contributed by atoms with Crippen LogP contribution < -0.4 is 10.1 Å². The molecule has 0 spiro atoms.